The van der Waals surface area contributed by atoms with Crippen molar-refractivity contribution in [2.75, 3.05) is 5.32 Å². The molecule has 6 nitrogen and oxygen atoms in total. The summed E-state index contributed by atoms with van der Waals surface area (Å²) in [5, 5.41) is 10.7. The molecule has 0 saturated heterocycles. The van der Waals surface area contributed by atoms with Gasteiger partial charge in [-0.05, 0) is 52.4 Å². The van der Waals surface area contributed by atoms with Crippen LogP contribution in [-0.2, 0) is 0 Å². The predicted octanol–water partition coefficient (Wildman–Crippen LogP) is 5.77. The van der Waals surface area contributed by atoms with E-state index >= 15 is 0 Å². The maximum Gasteiger partial charge on any atom is 0.276 e. The first-order chi connectivity index (χ1) is 13.3. The normalized spacial score (nSPS) is 10.6. The molecule has 0 aliphatic heterocycles. The Morgan fingerprint density at radius 3 is 2.43 bits per heavy atom. The van der Waals surface area contributed by atoms with Crippen LogP contribution in [0.25, 0.3) is 5.82 Å². The molecular weight excluding hydrogens is 532 g/mol. The Hall–Kier alpha value is -1.42. The Bertz CT molecular complexity index is 1070. The Morgan fingerprint density at radius 2 is 1.79 bits per heavy atom. The zero-order valence-corrected chi connectivity index (χ0v) is 18.9. The summed E-state index contributed by atoms with van der Waals surface area (Å²) in [6, 6.07) is 7.81. The zero-order valence-electron chi connectivity index (χ0n) is 13.5. The summed E-state index contributed by atoms with van der Waals surface area (Å²) in [7, 11) is 0. The molecule has 28 heavy (non-hydrogen) atoms. The number of rotatable bonds is 3. The topological polar surface area (TPSA) is 71.8 Å². The minimum atomic E-state index is -0.543. The van der Waals surface area contributed by atoms with E-state index in [1.165, 1.54) is 29.1 Å². The molecule has 2 heterocycles. The molecule has 144 valence electrons. The van der Waals surface area contributed by atoms with Gasteiger partial charge in [0.25, 0.3) is 5.91 Å². The van der Waals surface area contributed by atoms with E-state index in [-0.39, 0.29) is 20.9 Å². The summed E-state index contributed by atoms with van der Waals surface area (Å²) >= 11 is 32.7. The number of benzene rings is 1. The summed E-state index contributed by atoms with van der Waals surface area (Å²) < 4.78 is 1.72. The van der Waals surface area contributed by atoms with Crippen molar-refractivity contribution < 1.29 is 4.79 Å². The summed E-state index contributed by atoms with van der Waals surface area (Å²) in [5.74, 6) is -0.249. The lowest BCUT2D eigenvalue weighted by atomic mass is 10.3. The fraction of sp³-hybridized carbons (Fsp3) is 0. The number of carbonyl (C=O) groups is 1. The number of anilines is 1. The molecule has 2 aromatic heterocycles. The number of hydrogen-bond donors (Lipinski definition) is 2. The van der Waals surface area contributed by atoms with Gasteiger partial charge in [0.15, 0.2) is 10.9 Å². The minimum absolute atomic E-state index is 0.0212. The molecule has 2 N–H and O–H groups in total. The maximum absolute atomic E-state index is 12.7. The molecule has 3 rings (SSSR count). The van der Waals surface area contributed by atoms with Crippen LogP contribution in [0.15, 0.2) is 41.1 Å². The highest BCUT2D eigenvalue weighted by Crippen LogP contribution is 2.33. The second-order valence-electron chi connectivity index (χ2n) is 5.23. The standard InChI is InChI=1S/C16H8BrCl4N5OS/c17-12-6-11(26(25-12)14-8(19)2-1-3-22-14)15(27)24-16(28)23-13-9(20)4-7(18)5-10(13)21/h1-6H,(H2,23,24,27,28). The fourth-order valence-electron chi connectivity index (χ4n) is 2.18. The molecule has 0 aliphatic rings. The quantitative estimate of drug-likeness (QED) is 0.413. The Morgan fingerprint density at radius 1 is 1.11 bits per heavy atom. The van der Waals surface area contributed by atoms with Gasteiger partial charge in [0.1, 0.15) is 10.3 Å². The lowest BCUT2D eigenvalue weighted by Gasteiger charge is -2.13. The molecule has 0 atom stereocenters. The Balaban J connectivity index is 1.83. The highest BCUT2D eigenvalue weighted by atomic mass is 79.9. The number of thiocarbonyl (C=S) groups is 1. The number of nitrogens with one attached hydrogen (secondary N) is 2. The van der Waals surface area contributed by atoms with Gasteiger partial charge in [-0.3, -0.25) is 10.1 Å². The number of amides is 1. The van der Waals surface area contributed by atoms with Crippen molar-refractivity contribution in [2.24, 2.45) is 0 Å². The highest BCUT2D eigenvalue weighted by molar-refractivity contribution is 9.10. The number of halogens is 5. The summed E-state index contributed by atoms with van der Waals surface area (Å²) in [5.41, 5.74) is 0.477. The van der Waals surface area contributed by atoms with Crippen molar-refractivity contribution in [3.63, 3.8) is 0 Å². The van der Waals surface area contributed by atoms with Gasteiger partial charge in [-0.15, -0.1) is 0 Å². The van der Waals surface area contributed by atoms with Crippen molar-refractivity contribution in [1.82, 2.24) is 20.1 Å². The number of hydrogen-bond acceptors (Lipinski definition) is 4. The number of pyridine rings is 1. The number of nitrogens with zero attached hydrogens (tertiary/aromatic N) is 3. The van der Waals surface area contributed by atoms with Gasteiger partial charge in [-0.2, -0.15) is 5.10 Å². The summed E-state index contributed by atoms with van der Waals surface area (Å²) in [4.78, 5) is 16.9. The first-order valence-electron chi connectivity index (χ1n) is 7.39. The van der Waals surface area contributed by atoms with Gasteiger partial charge in [0.2, 0.25) is 0 Å². The number of carbonyl (C=O) groups excluding carboxylic acids is 1. The van der Waals surface area contributed by atoms with Crippen LogP contribution in [0.2, 0.25) is 20.1 Å². The van der Waals surface area contributed by atoms with E-state index in [4.69, 9.17) is 58.6 Å². The van der Waals surface area contributed by atoms with E-state index in [0.29, 0.717) is 26.2 Å². The van der Waals surface area contributed by atoms with Gasteiger partial charge in [-0.1, -0.05) is 46.4 Å². The second-order valence-corrected chi connectivity index (χ2v) is 8.10. The third-order valence-corrected chi connectivity index (χ3v) is 5.03. The van der Waals surface area contributed by atoms with E-state index in [9.17, 15) is 4.79 Å². The van der Waals surface area contributed by atoms with Crippen LogP contribution in [0.4, 0.5) is 5.69 Å². The molecule has 0 saturated carbocycles. The molecule has 1 amide bonds. The Labute approximate surface area is 193 Å². The SMILES string of the molecule is O=C(NC(=S)Nc1c(Cl)cc(Cl)cc1Cl)c1cc(Br)nn1-c1ncccc1Cl. The molecule has 0 spiro atoms. The average Bonchev–Trinajstić information content (AvgIpc) is 3.00. The fourth-order valence-corrected chi connectivity index (χ4v) is 3.87. The molecule has 0 radical (unpaired) electrons. The first-order valence-corrected chi connectivity index (χ1v) is 10.1. The van der Waals surface area contributed by atoms with Gasteiger partial charge in [0, 0.05) is 17.3 Å². The maximum atomic E-state index is 12.7. The van der Waals surface area contributed by atoms with Gasteiger partial charge >= 0.3 is 0 Å². The molecular formula is C16H8BrCl4N5OS. The average molecular weight is 540 g/mol. The van der Waals surface area contributed by atoms with Crippen molar-refractivity contribution in [3.8, 4) is 5.82 Å². The van der Waals surface area contributed by atoms with E-state index in [1.807, 2.05) is 0 Å². The Kier molecular flexibility index (Phi) is 6.80. The zero-order chi connectivity index (χ0) is 20.4. The molecule has 1 aromatic carbocycles. The monoisotopic (exact) mass is 537 g/mol. The third-order valence-electron chi connectivity index (χ3n) is 3.32. The molecule has 3 aromatic rings. The van der Waals surface area contributed by atoms with Crippen molar-refractivity contribution >= 4 is 91.3 Å². The van der Waals surface area contributed by atoms with Gasteiger partial charge in [-0.25, -0.2) is 9.67 Å². The van der Waals surface area contributed by atoms with Crippen LogP contribution in [0, 0.1) is 0 Å². The van der Waals surface area contributed by atoms with Crippen LogP contribution < -0.4 is 10.6 Å². The smallest absolute Gasteiger partial charge is 0.276 e. The van der Waals surface area contributed by atoms with E-state index in [1.54, 1.807) is 12.1 Å². The lowest BCUT2D eigenvalue weighted by Crippen LogP contribution is -2.35. The van der Waals surface area contributed by atoms with Gasteiger partial charge in [0.05, 0.1) is 20.8 Å². The van der Waals surface area contributed by atoms with Crippen LogP contribution in [0.3, 0.4) is 0 Å². The third kappa shape index (κ3) is 4.76. The van der Waals surface area contributed by atoms with Crippen LogP contribution in [-0.4, -0.2) is 25.8 Å². The van der Waals surface area contributed by atoms with E-state index in [2.05, 4.69) is 36.6 Å². The summed E-state index contributed by atoms with van der Waals surface area (Å²) in [6.45, 7) is 0. The molecule has 0 aliphatic carbocycles. The van der Waals surface area contributed by atoms with E-state index < -0.39 is 5.91 Å². The molecule has 0 bridgehead atoms. The van der Waals surface area contributed by atoms with Crippen molar-refractivity contribution in [3.05, 3.63) is 66.9 Å². The minimum Gasteiger partial charge on any atom is -0.330 e. The van der Waals surface area contributed by atoms with E-state index in [0.717, 1.165) is 0 Å². The highest BCUT2D eigenvalue weighted by Gasteiger charge is 2.20. The summed E-state index contributed by atoms with van der Waals surface area (Å²) in [6.07, 6.45) is 1.54. The molecule has 0 unspecified atom stereocenters. The molecule has 0 fully saturated rings. The van der Waals surface area contributed by atoms with Crippen LogP contribution >= 0.6 is 74.6 Å². The largest absolute Gasteiger partial charge is 0.330 e. The van der Waals surface area contributed by atoms with Crippen molar-refractivity contribution in [2.45, 2.75) is 0 Å². The van der Waals surface area contributed by atoms with Crippen LogP contribution in [0.1, 0.15) is 10.5 Å². The predicted molar refractivity (Wildman–Crippen MR) is 119 cm³/mol. The lowest BCUT2D eigenvalue weighted by molar-refractivity contribution is 0.0970. The van der Waals surface area contributed by atoms with Gasteiger partial charge < -0.3 is 5.32 Å². The number of aromatic nitrogens is 3. The van der Waals surface area contributed by atoms with Crippen LogP contribution in [0.5, 0.6) is 0 Å². The van der Waals surface area contributed by atoms with Crippen molar-refractivity contribution in [1.29, 1.82) is 0 Å². The second kappa shape index (κ2) is 8.94. The molecule has 12 heteroatoms. The first kappa shape index (κ1) is 21.3.